The lowest BCUT2D eigenvalue weighted by Gasteiger charge is -2.34. The summed E-state index contributed by atoms with van der Waals surface area (Å²) in [6.07, 6.45) is 3.18. The fourth-order valence-electron chi connectivity index (χ4n) is 4.12. The van der Waals surface area contributed by atoms with Crippen LogP contribution in [0.15, 0.2) is 30.3 Å². The van der Waals surface area contributed by atoms with Crippen LogP contribution in [0.1, 0.15) is 24.8 Å². The molecule has 0 saturated carbocycles. The van der Waals surface area contributed by atoms with Gasteiger partial charge in [0.1, 0.15) is 0 Å². The summed E-state index contributed by atoms with van der Waals surface area (Å²) in [5.74, 6) is 1.11. The van der Waals surface area contributed by atoms with Gasteiger partial charge in [-0.3, -0.25) is 4.79 Å². The zero-order chi connectivity index (χ0) is 18.2. The van der Waals surface area contributed by atoms with Crippen LogP contribution >= 0.6 is 0 Å². The van der Waals surface area contributed by atoms with Gasteiger partial charge in [-0.05, 0) is 44.5 Å². The van der Waals surface area contributed by atoms with Gasteiger partial charge in [0.15, 0.2) is 0 Å². The first-order valence-electron chi connectivity index (χ1n) is 10.1. The number of piperazine rings is 1. The third-order valence-corrected chi connectivity index (χ3v) is 5.68. The van der Waals surface area contributed by atoms with E-state index in [1.807, 2.05) is 4.90 Å². The highest BCUT2D eigenvalue weighted by atomic mass is 16.2. The van der Waals surface area contributed by atoms with E-state index < -0.39 is 0 Å². The van der Waals surface area contributed by atoms with Gasteiger partial charge in [-0.2, -0.15) is 0 Å². The van der Waals surface area contributed by atoms with Crippen LogP contribution in [0.3, 0.4) is 0 Å². The molecule has 0 radical (unpaired) electrons. The Balaban J connectivity index is 1.31. The van der Waals surface area contributed by atoms with E-state index in [0.29, 0.717) is 12.3 Å². The quantitative estimate of drug-likeness (QED) is 0.804. The van der Waals surface area contributed by atoms with Crippen LogP contribution in [-0.4, -0.2) is 80.0 Å². The number of hydrogen-bond donors (Lipinski definition) is 1. The average Bonchev–Trinajstić information content (AvgIpc) is 2.68. The number of amides is 1. The molecule has 5 heteroatoms. The van der Waals surface area contributed by atoms with Crippen molar-refractivity contribution in [2.24, 2.45) is 5.92 Å². The second-order valence-electron chi connectivity index (χ2n) is 7.85. The standard InChI is InChI=1S/C21H34N4O/c1-23(17-19-5-3-2-4-6-19)18-20-7-12-24(13-8-20)14-9-21(26)25-15-10-22-11-16-25/h2-6,20,22H,7-18H2,1H3. The molecule has 1 N–H and O–H groups in total. The lowest BCUT2D eigenvalue weighted by molar-refractivity contribution is -0.132. The Labute approximate surface area is 158 Å². The molecule has 0 atom stereocenters. The van der Waals surface area contributed by atoms with E-state index >= 15 is 0 Å². The van der Waals surface area contributed by atoms with Gasteiger partial charge in [-0.25, -0.2) is 0 Å². The van der Waals surface area contributed by atoms with Crippen LogP contribution in [0.5, 0.6) is 0 Å². The molecular weight excluding hydrogens is 324 g/mol. The van der Waals surface area contributed by atoms with Crippen molar-refractivity contribution in [1.82, 2.24) is 20.0 Å². The lowest BCUT2D eigenvalue weighted by Crippen LogP contribution is -2.47. The molecular formula is C21H34N4O. The third-order valence-electron chi connectivity index (χ3n) is 5.68. The normalized spacial score (nSPS) is 19.8. The number of rotatable bonds is 7. The first-order chi connectivity index (χ1) is 12.7. The molecule has 5 nitrogen and oxygen atoms in total. The highest BCUT2D eigenvalue weighted by Gasteiger charge is 2.22. The minimum Gasteiger partial charge on any atom is -0.340 e. The molecule has 0 spiro atoms. The van der Waals surface area contributed by atoms with E-state index in [4.69, 9.17) is 0 Å². The second kappa shape index (κ2) is 10.0. The van der Waals surface area contributed by atoms with Crippen LogP contribution in [0.4, 0.5) is 0 Å². The van der Waals surface area contributed by atoms with Crippen molar-refractivity contribution in [2.45, 2.75) is 25.8 Å². The molecule has 1 aromatic carbocycles. The molecule has 2 aliphatic rings. The summed E-state index contributed by atoms with van der Waals surface area (Å²) in [5.41, 5.74) is 1.39. The first-order valence-corrected chi connectivity index (χ1v) is 10.1. The second-order valence-corrected chi connectivity index (χ2v) is 7.85. The summed E-state index contributed by atoms with van der Waals surface area (Å²) in [6, 6.07) is 10.7. The van der Waals surface area contributed by atoms with Crippen molar-refractivity contribution < 1.29 is 4.79 Å². The molecule has 0 bridgehead atoms. The molecule has 0 unspecified atom stereocenters. The number of benzene rings is 1. The fourth-order valence-corrected chi connectivity index (χ4v) is 4.12. The summed E-state index contributed by atoms with van der Waals surface area (Å²) in [4.78, 5) is 19.2. The SMILES string of the molecule is CN(Cc1ccccc1)CC1CCN(CCC(=O)N2CCNCC2)CC1. The van der Waals surface area contributed by atoms with Gasteiger partial charge < -0.3 is 20.0 Å². The molecule has 2 aliphatic heterocycles. The number of carbonyl (C=O) groups excluding carboxylic acids is 1. The molecule has 2 heterocycles. The topological polar surface area (TPSA) is 38.8 Å². The Morgan fingerprint density at radius 1 is 1.12 bits per heavy atom. The molecule has 144 valence electrons. The minimum absolute atomic E-state index is 0.330. The molecule has 0 aromatic heterocycles. The summed E-state index contributed by atoms with van der Waals surface area (Å²) in [6.45, 7) is 9.01. The maximum absolute atomic E-state index is 12.3. The van der Waals surface area contributed by atoms with Gasteiger partial charge >= 0.3 is 0 Å². The van der Waals surface area contributed by atoms with E-state index in [1.165, 1.54) is 24.9 Å². The summed E-state index contributed by atoms with van der Waals surface area (Å²) < 4.78 is 0. The minimum atomic E-state index is 0.330. The van der Waals surface area contributed by atoms with Gasteiger partial charge in [-0.1, -0.05) is 30.3 Å². The third kappa shape index (κ3) is 6.08. The van der Waals surface area contributed by atoms with Gasteiger partial charge in [-0.15, -0.1) is 0 Å². The van der Waals surface area contributed by atoms with E-state index in [-0.39, 0.29) is 0 Å². The number of piperidine rings is 1. The van der Waals surface area contributed by atoms with E-state index in [1.54, 1.807) is 0 Å². The zero-order valence-electron chi connectivity index (χ0n) is 16.2. The van der Waals surface area contributed by atoms with Crippen LogP contribution in [0.25, 0.3) is 0 Å². The Morgan fingerprint density at radius 2 is 1.81 bits per heavy atom. The van der Waals surface area contributed by atoms with E-state index in [9.17, 15) is 4.79 Å². The predicted octanol–water partition coefficient (Wildman–Crippen LogP) is 1.65. The molecule has 1 aromatic rings. The van der Waals surface area contributed by atoms with Gasteiger partial charge in [0.2, 0.25) is 5.91 Å². The molecule has 2 fully saturated rings. The highest BCUT2D eigenvalue weighted by molar-refractivity contribution is 5.76. The maximum atomic E-state index is 12.3. The first kappa shape index (κ1) is 19.3. The van der Waals surface area contributed by atoms with Crippen molar-refractivity contribution in [3.63, 3.8) is 0 Å². The smallest absolute Gasteiger partial charge is 0.223 e. The van der Waals surface area contributed by atoms with Crippen LogP contribution in [0.2, 0.25) is 0 Å². The van der Waals surface area contributed by atoms with Crippen molar-refractivity contribution >= 4 is 5.91 Å². The number of nitrogens with zero attached hydrogens (tertiary/aromatic N) is 3. The highest BCUT2D eigenvalue weighted by Crippen LogP contribution is 2.19. The van der Waals surface area contributed by atoms with Crippen LogP contribution < -0.4 is 5.32 Å². The van der Waals surface area contributed by atoms with Crippen molar-refractivity contribution in [3.05, 3.63) is 35.9 Å². The Bertz CT molecular complexity index is 536. The van der Waals surface area contributed by atoms with Crippen molar-refractivity contribution in [1.29, 1.82) is 0 Å². The number of likely N-dealkylation sites (tertiary alicyclic amines) is 1. The van der Waals surface area contributed by atoms with E-state index in [2.05, 4.69) is 52.5 Å². The largest absolute Gasteiger partial charge is 0.340 e. The molecule has 2 saturated heterocycles. The Morgan fingerprint density at radius 3 is 2.50 bits per heavy atom. The average molecular weight is 359 g/mol. The van der Waals surface area contributed by atoms with Gasteiger partial charge in [0.05, 0.1) is 0 Å². The van der Waals surface area contributed by atoms with Crippen molar-refractivity contribution in [2.75, 3.05) is 59.4 Å². The van der Waals surface area contributed by atoms with E-state index in [0.717, 1.165) is 58.3 Å². The zero-order valence-corrected chi connectivity index (χ0v) is 16.2. The molecule has 26 heavy (non-hydrogen) atoms. The number of hydrogen-bond acceptors (Lipinski definition) is 4. The maximum Gasteiger partial charge on any atom is 0.223 e. The van der Waals surface area contributed by atoms with Crippen LogP contribution in [0, 0.1) is 5.92 Å². The molecule has 3 rings (SSSR count). The number of nitrogens with one attached hydrogen (secondary N) is 1. The molecule has 1 amide bonds. The Hall–Kier alpha value is -1.43. The lowest BCUT2D eigenvalue weighted by atomic mass is 9.96. The predicted molar refractivity (Wildman–Crippen MR) is 106 cm³/mol. The van der Waals surface area contributed by atoms with Gasteiger partial charge in [0.25, 0.3) is 0 Å². The summed E-state index contributed by atoms with van der Waals surface area (Å²) in [5, 5.41) is 3.30. The summed E-state index contributed by atoms with van der Waals surface area (Å²) in [7, 11) is 2.23. The monoisotopic (exact) mass is 358 g/mol. The van der Waals surface area contributed by atoms with Crippen LogP contribution in [-0.2, 0) is 11.3 Å². The molecule has 0 aliphatic carbocycles. The number of carbonyl (C=O) groups is 1. The van der Waals surface area contributed by atoms with Crippen molar-refractivity contribution in [3.8, 4) is 0 Å². The fraction of sp³-hybridized carbons (Fsp3) is 0.667. The van der Waals surface area contributed by atoms with Gasteiger partial charge in [0, 0.05) is 52.2 Å². The Kier molecular flexibility index (Phi) is 7.47. The summed E-state index contributed by atoms with van der Waals surface area (Å²) >= 11 is 0.